The molecule has 2 heterocycles. The van der Waals surface area contributed by atoms with Crippen LogP contribution in [0.4, 0.5) is 11.4 Å². The zero-order valence-corrected chi connectivity index (χ0v) is 19.2. The quantitative estimate of drug-likeness (QED) is 0.537. The van der Waals surface area contributed by atoms with Crippen molar-refractivity contribution < 1.29 is 14.3 Å². The van der Waals surface area contributed by atoms with Gasteiger partial charge in [0.2, 0.25) is 0 Å². The van der Waals surface area contributed by atoms with Crippen LogP contribution in [0, 0.1) is 6.92 Å². The van der Waals surface area contributed by atoms with Crippen molar-refractivity contribution in [3.63, 3.8) is 0 Å². The van der Waals surface area contributed by atoms with Gasteiger partial charge in [0.25, 0.3) is 5.56 Å². The van der Waals surface area contributed by atoms with Gasteiger partial charge >= 0.3 is 5.97 Å². The van der Waals surface area contributed by atoms with Crippen LogP contribution in [0.25, 0.3) is 5.69 Å². The molecular weight excluding hydrogens is 420 g/mol. The molecule has 172 valence electrons. The van der Waals surface area contributed by atoms with Crippen LogP contribution in [0.15, 0.2) is 59.4 Å². The highest BCUT2D eigenvalue weighted by molar-refractivity contribution is 5.93. The molecule has 0 unspecified atom stereocenters. The molecule has 1 fully saturated rings. The molecule has 0 amide bonds. The minimum Gasteiger partial charge on any atom is -0.497 e. The van der Waals surface area contributed by atoms with Crippen LogP contribution >= 0.6 is 0 Å². The molecule has 1 aliphatic heterocycles. The van der Waals surface area contributed by atoms with Gasteiger partial charge in [-0.15, -0.1) is 0 Å². The van der Waals surface area contributed by atoms with Gasteiger partial charge in [-0.2, -0.15) is 9.78 Å². The Kier molecular flexibility index (Phi) is 6.63. The molecule has 33 heavy (non-hydrogen) atoms. The Labute approximate surface area is 193 Å². The minimum absolute atomic E-state index is 0.151. The first-order valence-electron chi connectivity index (χ1n) is 11.0. The molecule has 0 bridgehead atoms. The Morgan fingerprint density at radius 2 is 1.64 bits per heavy atom. The fourth-order valence-corrected chi connectivity index (χ4v) is 4.01. The maximum absolute atomic E-state index is 13.0. The lowest BCUT2D eigenvalue weighted by atomic mass is 10.2. The molecule has 0 radical (unpaired) electrons. The molecule has 1 aliphatic rings. The van der Waals surface area contributed by atoms with Gasteiger partial charge in [-0.25, -0.2) is 4.79 Å². The van der Waals surface area contributed by atoms with E-state index in [0.717, 1.165) is 30.1 Å². The summed E-state index contributed by atoms with van der Waals surface area (Å²) >= 11 is 0. The second-order valence-corrected chi connectivity index (χ2v) is 7.81. The summed E-state index contributed by atoms with van der Waals surface area (Å²) < 4.78 is 11.8. The van der Waals surface area contributed by atoms with Gasteiger partial charge in [0.15, 0.2) is 5.69 Å². The Hall–Kier alpha value is -3.81. The molecule has 0 saturated carbocycles. The number of para-hydroxylation sites is 1. The largest absolute Gasteiger partial charge is 0.497 e. The maximum Gasteiger partial charge on any atom is 0.360 e. The van der Waals surface area contributed by atoms with E-state index in [2.05, 4.69) is 10.00 Å². The summed E-state index contributed by atoms with van der Waals surface area (Å²) in [6, 6.07) is 16.9. The monoisotopic (exact) mass is 448 g/mol. The number of rotatable bonds is 6. The number of aromatic nitrogens is 2. The van der Waals surface area contributed by atoms with Gasteiger partial charge in [0.1, 0.15) is 5.75 Å². The third-order valence-electron chi connectivity index (χ3n) is 5.78. The number of hydrogen-bond donors (Lipinski definition) is 0. The third-order valence-corrected chi connectivity index (χ3v) is 5.78. The van der Waals surface area contributed by atoms with E-state index in [1.54, 1.807) is 14.0 Å². The van der Waals surface area contributed by atoms with Crippen molar-refractivity contribution in [2.45, 2.75) is 13.8 Å². The van der Waals surface area contributed by atoms with E-state index in [1.807, 2.05) is 60.4 Å². The molecule has 8 nitrogen and oxygen atoms in total. The van der Waals surface area contributed by atoms with E-state index in [0.29, 0.717) is 24.5 Å². The first kappa shape index (κ1) is 22.4. The van der Waals surface area contributed by atoms with E-state index in [9.17, 15) is 9.59 Å². The van der Waals surface area contributed by atoms with Crippen LogP contribution in [0.3, 0.4) is 0 Å². The van der Waals surface area contributed by atoms with Crippen LogP contribution in [0.2, 0.25) is 0 Å². The second-order valence-electron chi connectivity index (χ2n) is 7.81. The highest BCUT2D eigenvalue weighted by Gasteiger charge is 2.26. The van der Waals surface area contributed by atoms with E-state index in [-0.39, 0.29) is 17.9 Å². The highest BCUT2D eigenvalue weighted by Crippen LogP contribution is 2.24. The molecular formula is C25H28N4O4. The van der Waals surface area contributed by atoms with Gasteiger partial charge < -0.3 is 19.3 Å². The fourth-order valence-electron chi connectivity index (χ4n) is 4.01. The highest BCUT2D eigenvalue weighted by atomic mass is 16.5. The molecule has 0 N–H and O–H groups in total. The van der Waals surface area contributed by atoms with Crippen molar-refractivity contribution in [3.05, 3.63) is 76.2 Å². The predicted molar refractivity (Wildman–Crippen MR) is 128 cm³/mol. The van der Waals surface area contributed by atoms with Crippen molar-refractivity contribution in [1.82, 2.24) is 9.78 Å². The van der Waals surface area contributed by atoms with Crippen LogP contribution in [-0.2, 0) is 4.74 Å². The summed E-state index contributed by atoms with van der Waals surface area (Å²) in [5.74, 6) is 0.282. The molecule has 0 atom stereocenters. The maximum atomic E-state index is 13.0. The third kappa shape index (κ3) is 4.69. The lowest BCUT2D eigenvalue weighted by molar-refractivity contribution is 0.0518. The molecule has 3 aromatic rings. The lowest BCUT2D eigenvalue weighted by Gasteiger charge is -2.37. The molecule has 8 heteroatoms. The van der Waals surface area contributed by atoms with E-state index >= 15 is 0 Å². The zero-order valence-electron chi connectivity index (χ0n) is 19.2. The SMILES string of the molecule is CCOC(=O)c1nn(-c2ccccc2C)c(=O)cc1N1CCN(c2ccc(OC)cc2)CC1. The van der Waals surface area contributed by atoms with E-state index < -0.39 is 5.97 Å². The molecule has 4 rings (SSSR count). The van der Waals surface area contributed by atoms with E-state index in [4.69, 9.17) is 9.47 Å². The average Bonchev–Trinajstić information content (AvgIpc) is 2.85. The first-order chi connectivity index (χ1) is 16.0. The van der Waals surface area contributed by atoms with Crippen LogP contribution in [0.5, 0.6) is 5.75 Å². The summed E-state index contributed by atoms with van der Waals surface area (Å²) in [6.45, 7) is 6.67. The molecule has 0 spiro atoms. The number of carbonyl (C=O) groups excluding carboxylic acids is 1. The number of carbonyl (C=O) groups is 1. The molecule has 0 aliphatic carbocycles. The summed E-state index contributed by atoms with van der Waals surface area (Å²) in [4.78, 5) is 30.1. The number of hydrogen-bond acceptors (Lipinski definition) is 7. The number of methoxy groups -OCH3 is 1. The fraction of sp³-hybridized carbons (Fsp3) is 0.320. The van der Waals surface area contributed by atoms with Crippen LogP contribution in [0.1, 0.15) is 23.0 Å². The van der Waals surface area contributed by atoms with Crippen molar-refractivity contribution in [2.75, 3.05) is 49.7 Å². The number of ether oxygens (including phenoxy) is 2. The number of anilines is 2. The number of esters is 1. The Bertz CT molecular complexity index is 1180. The zero-order chi connectivity index (χ0) is 23.4. The van der Waals surface area contributed by atoms with Crippen LogP contribution in [-0.4, -0.2) is 55.6 Å². The predicted octanol–water partition coefficient (Wildman–Crippen LogP) is 3.05. The number of nitrogens with zero attached hydrogens (tertiary/aromatic N) is 4. The van der Waals surface area contributed by atoms with Crippen molar-refractivity contribution in [1.29, 1.82) is 0 Å². The molecule has 1 saturated heterocycles. The number of aryl methyl sites for hydroxylation is 1. The van der Waals surface area contributed by atoms with Gasteiger partial charge in [0.05, 0.1) is 25.1 Å². The topological polar surface area (TPSA) is 76.9 Å². The number of piperazine rings is 1. The Balaban J connectivity index is 1.63. The average molecular weight is 449 g/mol. The number of benzene rings is 2. The van der Waals surface area contributed by atoms with Gasteiger partial charge in [-0.05, 0) is 49.7 Å². The van der Waals surface area contributed by atoms with Gasteiger partial charge in [0, 0.05) is 37.9 Å². The Morgan fingerprint density at radius 3 is 2.27 bits per heavy atom. The summed E-state index contributed by atoms with van der Waals surface area (Å²) in [6.07, 6.45) is 0. The van der Waals surface area contributed by atoms with E-state index in [1.165, 1.54) is 10.7 Å². The van der Waals surface area contributed by atoms with Crippen molar-refractivity contribution in [3.8, 4) is 11.4 Å². The first-order valence-corrected chi connectivity index (χ1v) is 11.0. The normalized spacial score (nSPS) is 13.7. The summed E-state index contributed by atoms with van der Waals surface area (Å²) in [7, 11) is 1.65. The van der Waals surface area contributed by atoms with Crippen molar-refractivity contribution in [2.24, 2.45) is 0 Å². The standard InChI is InChI=1S/C25H28N4O4/c1-4-33-25(31)24-22(17-23(30)29(26-24)21-8-6-5-7-18(21)2)28-15-13-27(14-16-28)19-9-11-20(32-3)12-10-19/h5-12,17H,4,13-16H2,1-3H3. The molecule has 2 aromatic carbocycles. The molecule has 1 aromatic heterocycles. The second kappa shape index (κ2) is 9.77. The minimum atomic E-state index is -0.535. The van der Waals surface area contributed by atoms with Gasteiger partial charge in [-0.3, -0.25) is 4.79 Å². The smallest absolute Gasteiger partial charge is 0.360 e. The summed E-state index contributed by atoms with van der Waals surface area (Å²) in [5, 5.41) is 4.45. The summed E-state index contributed by atoms with van der Waals surface area (Å²) in [5.41, 5.74) is 3.01. The van der Waals surface area contributed by atoms with Gasteiger partial charge in [-0.1, -0.05) is 18.2 Å². The Morgan fingerprint density at radius 1 is 0.970 bits per heavy atom. The van der Waals surface area contributed by atoms with Crippen molar-refractivity contribution >= 4 is 17.3 Å². The van der Waals surface area contributed by atoms with Crippen LogP contribution < -0.4 is 20.1 Å². The lowest BCUT2D eigenvalue weighted by Crippen LogP contribution is -2.47.